The van der Waals surface area contributed by atoms with Gasteiger partial charge < -0.3 is 19.8 Å². The van der Waals surface area contributed by atoms with Gasteiger partial charge in [-0.05, 0) is 55.3 Å². The van der Waals surface area contributed by atoms with Crippen molar-refractivity contribution in [3.8, 4) is 0 Å². The third-order valence-corrected chi connectivity index (χ3v) is 7.60. The summed E-state index contributed by atoms with van der Waals surface area (Å²) in [6.45, 7) is 2.55. The minimum atomic E-state index is -4.40. The lowest BCUT2D eigenvalue weighted by atomic mass is 10.0. The number of hydrogen-bond acceptors (Lipinski definition) is 6. The van der Waals surface area contributed by atoms with Crippen LogP contribution in [0.5, 0.6) is 0 Å². The van der Waals surface area contributed by atoms with Gasteiger partial charge in [0.2, 0.25) is 0 Å². The first-order valence-electron chi connectivity index (χ1n) is 11.4. The van der Waals surface area contributed by atoms with Gasteiger partial charge in [0.25, 0.3) is 5.91 Å². The fourth-order valence-electron chi connectivity index (χ4n) is 4.57. The fraction of sp³-hybridized carbons (Fsp3) is 0.458. The van der Waals surface area contributed by atoms with Crippen molar-refractivity contribution in [2.75, 3.05) is 55.3 Å². The lowest BCUT2D eigenvalue weighted by molar-refractivity contribution is -0.137. The number of amides is 1. The van der Waals surface area contributed by atoms with Crippen molar-refractivity contribution in [3.63, 3.8) is 0 Å². The lowest BCUT2D eigenvalue weighted by Gasteiger charge is -2.38. The zero-order valence-corrected chi connectivity index (χ0v) is 20.1. The molecule has 2 fully saturated rings. The average molecular weight is 512 g/mol. The van der Waals surface area contributed by atoms with E-state index in [9.17, 15) is 31.5 Å². The van der Waals surface area contributed by atoms with E-state index in [1.807, 2.05) is 9.80 Å². The molecule has 2 aliphatic rings. The molecule has 2 aromatic carbocycles. The lowest BCUT2D eigenvalue weighted by Crippen LogP contribution is -2.49. The van der Waals surface area contributed by atoms with E-state index in [-0.39, 0.29) is 16.4 Å². The molecule has 1 atom stereocenters. The predicted molar refractivity (Wildman–Crippen MR) is 127 cm³/mol. The van der Waals surface area contributed by atoms with E-state index in [0.29, 0.717) is 57.1 Å². The number of nitrogens with zero attached hydrogens (tertiary/aromatic N) is 3. The number of rotatable bonds is 4. The number of alkyl halides is 3. The molecule has 2 aromatic rings. The van der Waals surface area contributed by atoms with Crippen LogP contribution in [0, 0.1) is 0 Å². The largest absolute Gasteiger partial charge is 0.416 e. The van der Waals surface area contributed by atoms with Gasteiger partial charge in [-0.1, -0.05) is 0 Å². The van der Waals surface area contributed by atoms with Gasteiger partial charge in [0.15, 0.2) is 9.84 Å². The first kappa shape index (κ1) is 25.3. The van der Waals surface area contributed by atoms with Crippen LogP contribution in [0.25, 0.3) is 0 Å². The second-order valence-corrected chi connectivity index (χ2v) is 11.0. The zero-order valence-electron chi connectivity index (χ0n) is 19.3. The third-order valence-electron chi connectivity index (χ3n) is 6.49. The molecular formula is C24H28F3N3O4S. The number of piperazine rings is 1. The molecule has 0 spiro atoms. The summed E-state index contributed by atoms with van der Waals surface area (Å²) in [5.74, 6) is -0.308. The van der Waals surface area contributed by atoms with E-state index in [2.05, 4.69) is 0 Å². The van der Waals surface area contributed by atoms with Gasteiger partial charge in [0.05, 0.1) is 22.1 Å². The van der Waals surface area contributed by atoms with Crippen molar-refractivity contribution < 1.29 is 31.5 Å². The maximum Gasteiger partial charge on any atom is 0.416 e. The molecule has 35 heavy (non-hydrogen) atoms. The standard InChI is InChI=1S/C24H28F3N3O4S/c1-35(33,34)20-8-9-22(30-10-2-3-19(31)16-30)21(15-20)23(32)29-13-11-28(12-14-29)18-6-4-17(5-7-18)24(25,26)27/h4-9,15,19,31H,2-3,10-14,16H2,1H3. The van der Waals surface area contributed by atoms with Crippen LogP contribution in [-0.4, -0.2) is 76.0 Å². The number of sulfone groups is 1. The summed E-state index contributed by atoms with van der Waals surface area (Å²) in [4.78, 5) is 19.0. The van der Waals surface area contributed by atoms with Gasteiger partial charge in [-0.3, -0.25) is 4.79 Å². The normalized spacial score (nSPS) is 19.7. The van der Waals surface area contributed by atoms with Crippen molar-refractivity contribution in [1.82, 2.24) is 4.90 Å². The molecule has 2 aliphatic heterocycles. The Hall–Kier alpha value is -2.79. The maximum absolute atomic E-state index is 13.5. The minimum Gasteiger partial charge on any atom is -0.391 e. The number of carbonyl (C=O) groups is 1. The molecular weight excluding hydrogens is 483 g/mol. The molecule has 0 saturated carbocycles. The summed E-state index contributed by atoms with van der Waals surface area (Å²) in [6, 6.07) is 9.44. The zero-order chi connectivity index (χ0) is 25.4. The Morgan fingerprint density at radius 2 is 1.63 bits per heavy atom. The van der Waals surface area contributed by atoms with Gasteiger partial charge in [0.1, 0.15) is 0 Å². The molecule has 1 unspecified atom stereocenters. The highest BCUT2D eigenvalue weighted by atomic mass is 32.2. The van der Waals surface area contributed by atoms with Crippen LogP contribution in [-0.2, 0) is 16.0 Å². The highest BCUT2D eigenvalue weighted by Crippen LogP contribution is 2.32. The van der Waals surface area contributed by atoms with E-state index < -0.39 is 27.7 Å². The summed E-state index contributed by atoms with van der Waals surface area (Å²) >= 11 is 0. The Morgan fingerprint density at radius 1 is 0.971 bits per heavy atom. The van der Waals surface area contributed by atoms with E-state index >= 15 is 0 Å². The van der Waals surface area contributed by atoms with Gasteiger partial charge in [-0.25, -0.2) is 8.42 Å². The van der Waals surface area contributed by atoms with Crippen LogP contribution in [0.4, 0.5) is 24.5 Å². The monoisotopic (exact) mass is 511 g/mol. The second kappa shape index (κ2) is 9.69. The molecule has 1 N–H and O–H groups in total. The third kappa shape index (κ3) is 5.72. The van der Waals surface area contributed by atoms with E-state index in [1.54, 1.807) is 11.0 Å². The SMILES string of the molecule is CS(=O)(=O)c1ccc(N2CCCC(O)C2)c(C(=O)N2CCN(c3ccc(C(F)(F)F)cc3)CC2)c1. The van der Waals surface area contributed by atoms with E-state index in [1.165, 1.54) is 24.3 Å². The van der Waals surface area contributed by atoms with Crippen LogP contribution >= 0.6 is 0 Å². The van der Waals surface area contributed by atoms with E-state index in [0.717, 1.165) is 24.8 Å². The second-order valence-electron chi connectivity index (χ2n) is 9.02. The smallest absolute Gasteiger partial charge is 0.391 e. The minimum absolute atomic E-state index is 0.0468. The summed E-state index contributed by atoms with van der Waals surface area (Å²) in [7, 11) is -3.53. The van der Waals surface area contributed by atoms with Crippen LogP contribution in [0.3, 0.4) is 0 Å². The van der Waals surface area contributed by atoms with Gasteiger partial charge in [-0.15, -0.1) is 0 Å². The van der Waals surface area contributed by atoms with Crippen molar-refractivity contribution in [2.24, 2.45) is 0 Å². The molecule has 11 heteroatoms. The van der Waals surface area contributed by atoms with Crippen molar-refractivity contribution in [3.05, 3.63) is 53.6 Å². The van der Waals surface area contributed by atoms with Gasteiger partial charge in [-0.2, -0.15) is 13.2 Å². The molecule has 2 saturated heterocycles. The number of anilines is 2. The van der Waals surface area contributed by atoms with Crippen LogP contribution < -0.4 is 9.80 Å². The number of carbonyl (C=O) groups excluding carboxylic acids is 1. The molecule has 190 valence electrons. The van der Waals surface area contributed by atoms with Gasteiger partial charge >= 0.3 is 6.18 Å². The molecule has 4 rings (SSSR count). The Kier molecular flexibility index (Phi) is 7.01. The number of piperidine rings is 1. The molecule has 0 bridgehead atoms. The Morgan fingerprint density at radius 3 is 2.20 bits per heavy atom. The number of β-amino-alcohol motifs (C(OH)–C–C–N with tert-alkyl or cyclic N) is 1. The van der Waals surface area contributed by atoms with E-state index in [4.69, 9.17) is 0 Å². The maximum atomic E-state index is 13.5. The first-order chi connectivity index (χ1) is 16.4. The fourth-order valence-corrected chi connectivity index (χ4v) is 5.21. The highest BCUT2D eigenvalue weighted by Gasteiger charge is 2.31. The Balaban J connectivity index is 1.53. The van der Waals surface area contributed by atoms with Crippen LogP contribution in [0.1, 0.15) is 28.8 Å². The molecule has 0 aromatic heterocycles. The van der Waals surface area contributed by atoms with Crippen molar-refractivity contribution >= 4 is 27.1 Å². The number of aliphatic hydroxyl groups excluding tert-OH is 1. The predicted octanol–water partition coefficient (Wildman–Crippen LogP) is 3.03. The molecule has 2 heterocycles. The Bertz CT molecular complexity index is 1180. The molecule has 7 nitrogen and oxygen atoms in total. The summed E-state index contributed by atoms with van der Waals surface area (Å²) in [6.07, 6.45) is -2.40. The van der Waals surface area contributed by atoms with Crippen molar-refractivity contribution in [1.29, 1.82) is 0 Å². The van der Waals surface area contributed by atoms with Crippen LogP contribution in [0.2, 0.25) is 0 Å². The average Bonchev–Trinajstić information content (AvgIpc) is 2.82. The topological polar surface area (TPSA) is 81.2 Å². The number of aliphatic hydroxyl groups is 1. The molecule has 0 aliphatic carbocycles. The number of hydrogen-bond donors (Lipinski definition) is 1. The van der Waals surface area contributed by atoms with Gasteiger partial charge in [0, 0.05) is 56.9 Å². The molecule has 1 amide bonds. The highest BCUT2D eigenvalue weighted by molar-refractivity contribution is 7.90. The summed E-state index contributed by atoms with van der Waals surface area (Å²) < 4.78 is 62.8. The summed E-state index contributed by atoms with van der Waals surface area (Å²) in [5.41, 5.74) is 0.791. The number of halogens is 3. The molecule has 0 radical (unpaired) electrons. The number of benzene rings is 2. The van der Waals surface area contributed by atoms with Crippen molar-refractivity contribution in [2.45, 2.75) is 30.0 Å². The summed E-state index contributed by atoms with van der Waals surface area (Å²) in [5, 5.41) is 10.1. The Labute approximate surface area is 202 Å². The van der Waals surface area contributed by atoms with Crippen LogP contribution in [0.15, 0.2) is 47.4 Å². The first-order valence-corrected chi connectivity index (χ1v) is 13.3. The quantitative estimate of drug-likeness (QED) is 0.680.